The first kappa shape index (κ1) is 5.81. The van der Waals surface area contributed by atoms with Crippen LogP contribution in [0.2, 0.25) is 0 Å². The molecule has 2 rings (SSSR count). The first-order valence-electron chi connectivity index (χ1n) is 5.10. The molecule has 0 atom stereocenters. The van der Waals surface area contributed by atoms with E-state index in [1.165, 1.54) is 0 Å². The van der Waals surface area contributed by atoms with Crippen molar-refractivity contribution in [1.82, 2.24) is 0 Å². The lowest BCUT2D eigenvalue weighted by Crippen LogP contribution is -1.83. The van der Waals surface area contributed by atoms with E-state index in [1.807, 2.05) is 18.2 Å². The molecular formula is C12H11N. The zero-order chi connectivity index (χ0) is 10.8. The molecule has 0 radical (unpaired) electrons. The minimum absolute atomic E-state index is 0.389. The Morgan fingerprint density at radius 3 is 2.62 bits per heavy atom. The van der Waals surface area contributed by atoms with E-state index < -0.39 is 0 Å². The maximum absolute atomic E-state index is 7.78. The van der Waals surface area contributed by atoms with Crippen molar-refractivity contribution in [1.29, 1.82) is 0 Å². The number of hydrogen-bond acceptors (Lipinski definition) is 1. The lowest BCUT2D eigenvalue weighted by atomic mass is 10.1. The van der Waals surface area contributed by atoms with Crippen molar-refractivity contribution in [2.75, 3.05) is 5.73 Å². The lowest BCUT2D eigenvalue weighted by Gasteiger charge is -2.00. The number of hydrogen-bond donors (Lipinski definition) is 1. The Labute approximate surface area is 80.6 Å². The molecule has 2 aromatic rings. The Morgan fingerprint density at radius 1 is 0.923 bits per heavy atom. The van der Waals surface area contributed by atoms with Crippen LogP contribution in [0.25, 0.3) is 11.1 Å². The van der Waals surface area contributed by atoms with Crippen LogP contribution in [-0.2, 0) is 0 Å². The van der Waals surface area contributed by atoms with Crippen LogP contribution in [0.3, 0.4) is 0 Å². The first-order chi connectivity index (χ1) is 7.16. The molecule has 0 saturated carbocycles. The molecule has 1 heteroatoms. The van der Waals surface area contributed by atoms with Gasteiger partial charge in [0.1, 0.15) is 0 Å². The van der Waals surface area contributed by atoms with E-state index >= 15 is 0 Å². The third-order valence-corrected chi connectivity index (χ3v) is 1.85. The second-order valence-corrected chi connectivity index (χ2v) is 2.83. The third-order valence-electron chi connectivity index (χ3n) is 1.85. The summed E-state index contributed by atoms with van der Waals surface area (Å²) in [5, 5.41) is 0. The van der Waals surface area contributed by atoms with Crippen LogP contribution in [0.5, 0.6) is 0 Å². The van der Waals surface area contributed by atoms with Gasteiger partial charge in [0, 0.05) is 5.69 Å². The normalized spacial score (nSPS) is 12.0. The average molecular weight is 173 g/mol. The van der Waals surface area contributed by atoms with Crippen LogP contribution in [0.1, 0.15) is 2.74 Å². The van der Waals surface area contributed by atoms with Crippen molar-refractivity contribution in [2.24, 2.45) is 0 Å². The second-order valence-electron chi connectivity index (χ2n) is 2.83. The number of nitrogens with two attached hydrogens (primary N) is 1. The number of benzene rings is 2. The molecular weight excluding hydrogens is 158 g/mol. The largest absolute Gasteiger partial charge is 0.399 e. The van der Waals surface area contributed by atoms with Crippen molar-refractivity contribution in [3.8, 4) is 11.1 Å². The number of rotatable bonds is 1. The monoisotopic (exact) mass is 173 g/mol. The Hall–Kier alpha value is -1.76. The molecule has 0 aromatic heterocycles. The second kappa shape index (κ2) is 3.31. The highest BCUT2D eigenvalue weighted by Crippen LogP contribution is 2.19. The first-order valence-corrected chi connectivity index (χ1v) is 4.10. The Morgan fingerprint density at radius 2 is 1.85 bits per heavy atom. The van der Waals surface area contributed by atoms with Gasteiger partial charge in [-0.05, 0) is 23.3 Å². The van der Waals surface area contributed by atoms with Gasteiger partial charge in [-0.15, -0.1) is 0 Å². The molecule has 2 N–H and O–H groups in total. The number of nitrogen functional groups attached to an aromatic ring is 1. The van der Waals surface area contributed by atoms with E-state index in [0.717, 1.165) is 11.1 Å². The van der Waals surface area contributed by atoms with Gasteiger partial charge in [-0.1, -0.05) is 42.4 Å². The van der Waals surface area contributed by atoms with Crippen LogP contribution < -0.4 is 5.73 Å². The maximum atomic E-state index is 7.78. The highest BCUT2D eigenvalue weighted by Gasteiger charge is 1.94. The minimum Gasteiger partial charge on any atom is -0.399 e. The summed E-state index contributed by atoms with van der Waals surface area (Å²) < 4.78 is 15.3. The molecule has 0 fully saturated rings. The van der Waals surface area contributed by atoms with E-state index in [1.54, 1.807) is 24.3 Å². The van der Waals surface area contributed by atoms with Gasteiger partial charge in [0.15, 0.2) is 0 Å². The van der Waals surface area contributed by atoms with Gasteiger partial charge in [-0.2, -0.15) is 0 Å². The molecule has 0 aliphatic carbocycles. The van der Waals surface area contributed by atoms with Gasteiger partial charge >= 0.3 is 0 Å². The molecule has 0 unspecified atom stereocenters. The van der Waals surface area contributed by atoms with Crippen LogP contribution in [0.15, 0.2) is 54.5 Å². The Bertz CT molecular complexity index is 495. The van der Waals surface area contributed by atoms with Crippen molar-refractivity contribution in [3.05, 3.63) is 54.5 Å². The zero-order valence-electron chi connectivity index (χ0n) is 9.12. The standard InChI is InChI=1S/C12H11N/c13-12-8-6-11(7-9-12)10-4-2-1-3-5-10/h1-9H,13H2/i2T,6T. The summed E-state index contributed by atoms with van der Waals surface area (Å²) in [5.74, 6) is 0. The number of anilines is 1. The summed E-state index contributed by atoms with van der Waals surface area (Å²) in [5.41, 5.74) is 7.85. The fourth-order valence-electron chi connectivity index (χ4n) is 1.18. The third kappa shape index (κ3) is 1.70. The van der Waals surface area contributed by atoms with Gasteiger partial charge in [-0.25, -0.2) is 0 Å². The zero-order valence-corrected chi connectivity index (χ0v) is 7.12. The van der Waals surface area contributed by atoms with E-state index in [2.05, 4.69) is 0 Å². The minimum atomic E-state index is 0.389. The summed E-state index contributed by atoms with van der Waals surface area (Å²) in [4.78, 5) is 0. The molecule has 0 spiro atoms. The molecule has 64 valence electrons. The molecule has 0 heterocycles. The predicted molar refractivity (Wildman–Crippen MR) is 56.3 cm³/mol. The van der Waals surface area contributed by atoms with Crippen molar-refractivity contribution >= 4 is 5.69 Å². The predicted octanol–water partition coefficient (Wildman–Crippen LogP) is 2.94. The Kier molecular flexibility index (Phi) is 1.48. The van der Waals surface area contributed by atoms with Crippen molar-refractivity contribution < 1.29 is 2.74 Å². The molecule has 0 aliphatic heterocycles. The SMILES string of the molecule is [3H]c1cccc(-c2ccc(N)cc2[3H])c1. The molecule has 0 aliphatic rings. The van der Waals surface area contributed by atoms with Crippen LogP contribution in [-0.4, -0.2) is 0 Å². The summed E-state index contributed by atoms with van der Waals surface area (Å²) in [6.07, 6.45) is 0. The van der Waals surface area contributed by atoms with Crippen molar-refractivity contribution in [3.63, 3.8) is 0 Å². The average Bonchev–Trinajstić information content (AvgIpc) is 2.17. The molecule has 0 bridgehead atoms. The van der Waals surface area contributed by atoms with Gasteiger partial charge in [0.25, 0.3) is 0 Å². The summed E-state index contributed by atoms with van der Waals surface area (Å²) >= 11 is 0. The highest BCUT2D eigenvalue weighted by atomic mass is 14.5. The van der Waals surface area contributed by atoms with Gasteiger partial charge in [-0.3, -0.25) is 0 Å². The fourth-order valence-corrected chi connectivity index (χ4v) is 1.18. The van der Waals surface area contributed by atoms with Gasteiger partial charge < -0.3 is 5.73 Å². The topological polar surface area (TPSA) is 26.0 Å². The smallest absolute Gasteiger partial charge is 0.0630 e. The molecule has 1 nitrogen and oxygen atoms in total. The summed E-state index contributed by atoms with van der Waals surface area (Å²) in [7, 11) is 0. The van der Waals surface area contributed by atoms with Gasteiger partial charge in [0.2, 0.25) is 0 Å². The van der Waals surface area contributed by atoms with Crippen molar-refractivity contribution in [2.45, 2.75) is 0 Å². The molecule has 0 amide bonds. The van der Waals surface area contributed by atoms with E-state index in [-0.39, 0.29) is 0 Å². The lowest BCUT2D eigenvalue weighted by molar-refractivity contribution is 1.61. The summed E-state index contributed by atoms with van der Waals surface area (Å²) in [6.45, 7) is 0. The quantitative estimate of drug-likeness (QED) is 0.659. The highest BCUT2D eigenvalue weighted by molar-refractivity contribution is 5.65. The maximum Gasteiger partial charge on any atom is 0.0630 e. The van der Waals surface area contributed by atoms with E-state index in [9.17, 15) is 0 Å². The van der Waals surface area contributed by atoms with Crippen LogP contribution in [0.4, 0.5) is 5.69 Å². The van der Waals surface area contributed by atoms with Crippen LogP contribution in [0, 0.1) is 0 Å². The molecule has 13 heavy (non-hydrogen) atoms. The van der Waals surface area contributed by atoms with E-state index in [0.29, 0.717) is 17.8 Å². The fraction of sp³-hybridized carbons (Fsp3) is 0. The van der Waals surface area contributed by atoms with E-state index in [4.69, 9.17) is 8.48 Å². The Balaban J connectivity index is 2.54. The van der Waals surface area contributed by atoms with Gasteiger partial charge in [0.05, 0.1) is 2.74 Å². The molecule has 2 aromatic carbocycles. The molecule has 0 saturated heterocycles. The summed E-state index contributed by atoms with van der Waals surface area (Å²) in [6, 6.07) is 13.2. The van der Waals surface area contributed by atoms with Crippen LogP contribution >= 0.6 is 0 Å².